The van der Waals surface area contributed by atoms with Crippen LogP contribution in [-0.4, -0.2) is 44.2 Å². The number of rotatable bonds is 15. The molecule has 0 aromatic heterocycles. The van der Waals surface area contributed by atoms with Gasteiger partial charge < -0.3 is 16.0 Å². The van der Waals surface area contributed by atoms with Gasteiger partial charge in [0.1, 0.15) is 0 Å². The molecule has 4 nitrogen and oxygen atoms in total. The Kier molecular flexibility index (Phi) is 10.1. The molecule has 218 valence electrons. The van der Waals surface area contributed by atoms with E-state index < -0.39 is 0 Å². The average molecular weight is 567 g/mol. The van der Waals surface area contributed by atoms with Crippen LogP contribution in [0.5, 0.6) is 0 Å². The van der Waals surface area contributed by atoms with Crippen molar-refractivity contribution in [2.24, 2.45) is 0 Å². The van der Waals surface area contributed by atoms with Gasteiger partial charge in [-0.1, -0.05) is 109 Å². The maximum absolute atomic E-state index is 3.68. The molecule has 6 aromatic rings. The van der Waals surface area contributed by atoms with Gasteiger partial charge in [-0.3, -0.25) is 4.90 Å². The third kappa shape index (κ3) is 8.28. The normalized spacial score (nSPS) is 11.7. The van der Waals surface area contributed by atoms with Crippen molar-refractivity contribution in [3.63, 3.8) is 0 Å². The van der Waals surface area contributed by atoms with Crippen LogP contribution >= 0.6 is 0 Å². The molecule has 0 aliphatic heterocycles. The molecule has 0 amide bonds. The maximum atomic E-state index is 3.68. The summed E-state index contributed by atoms with van der Waals surface area (Å²) in [4.78, 5) is 2.56. The summed E-state index contributed by atoms with van der Waals surface area (Å²) in [5, 5.41) is 18.8. The van der Waals surface area contributed by atoms with Crippen molar-refractivity contribution in [3.05, 3.63) is 144 Å². The molecule has 0 spiro atoms. The minimum atomic E-state index is 0.888. The topological polar surface area (TPSA) is 39.3 Å². The lowest BCUT2D eigenvalue weighted by atomic mass is 10.1. The van der Waals surface area contributed by atoms with Crippen molar-refractivity contribution in [2.45, 2.75) is 19.6 Å². The summed E-state index contributed by atoms with van der Waals surface area (Å²) >= 11 is 0. The highest BCUT2D eigenvalue weighted by atomic mass is 15.2. The Labute approximate surface area is 255 Å². The first kappa shape index (κ1) is 29.0. The minimum Gasteiger partial charge on any atom is -0.311 e. The molecule has 4 heteroatoms. The lowest BCUT2D eigenvalue weighted by Gasteiger charge is -2.23. The molecule has 0 heterocycles. The zero-order valence-corrected chi connectivity index (χ0v) is 24.9. The fourth-order valence-electron chi connectivity index (χ4n) is 5.79. The number of fused-ring (bicyclic) bond motifs is 3. The number of hydrogen-bond donors (Lipinski definition) is 3. The van der Waals surface area contributed by atoms with E-state index in [-0.39, 0.29) is 0 Å². The van der Waals surface area contributed by atoms with E-state index in [1.54, 1.807) is 0 Å². The fourth-order valence-corrected chi connectivity index (χ4v) is 5.79. The predicted octanol–water partition coefficient (Wildman–Crippen LogP) is 7.12. The Hall–Kier alpha value is -4.06. The van der Waals surface area contributed by atoms with E-state index >= 15 is 0 Å². The molecule has 0 saturated heterocycles. The van der Waals surface area contributed by atoms with E-state index in [0.29, 0.717) is 0 Å². The zero-order chi connectivity index (χ0) is 29.1. The van der Waals surface area contributed by atoms with Gasteiger partial charge in [-0.2, -0.15) is 0 Å². The van der Waals surface area contributed by atoms with E-state index in [1.807, 2.05) is 0 Å². The third-order valence-electron chi connectivity index (χ3n) is 8.24. The molecule has 0 saturated carbocycles. The summed E-state index contributed by atoms with van der Waals surface area (Å²) in [6.07, 6.45) is 0. The minimum absolute atomic E-state index is 0.888. The quantitative estimate of drug-likeness (QED) is 0.116. The Morgan fingerprint density at radius 2 is 0.651 bits per heavy atom. The van der Waals surface area contributed by atoms with Crippen LogP contribution < -0.4 is 16.0 Å². The van der Waals surface area contributed by atoms with Gasteiger partial charge in [0, 0.05) is 58.9 Å². The lowest BCUT2D eigenvalue weighted by molar-refractivity contribution is 0.271. The summed E-state index contributed by atoms with van der Waals surface area (Å²) in [5.41, 5.74) is 4.00. The molecular weight excluding hydrogens is 524 g/mol. The molecule has 0 unspecified atom stereocenters. The van der Waals surface area contributed by atoms with Crippen molar-refractivity contribution < 1.29 is 0 Å². The molecule has 0 atom stereocenters. The van der Waals surface area contributed by atoms with Crippen molar-refractivity contribution in [1.29, 1.82) is 0 Å². The van der Waals surface area contributed by atoms with Crippen LogP contribution in [0.15, 0.2) is 127 Å². The van der Waals surface area contributed by atoms with E-state index in [2.05, 4.69) is 148 Å². The predicted molar refractivity (Wildman–Crippen MR) is 183 cm³/mol. The highest BCUT2D eigenvalue weighted by Gasteiger charge is 2.06. The third-order valence-corrected chi connectivity index (χ3v) is 8.24. The highest BCUT2D eigenvalue weighted by molar-refractivity contribution is 5.84. The van der Waals surface area contributed by atoms with Gasteiger partial charge in [0.25, 0.3) is 0 Å². The molecular formula is C39H42N4. The lowest BCUT2D eigenvalue weighted by Crippen LogP contribution is -2.40. The summed E-state index contributed by atoms with van der Waals surface area (Å²) in [7, 11) is 0. The van der Waals surface area contributed by atoms with Gasteiger partial charge in [-0.25, -0.2) is 0 Å². The highest BCUT2D eigenvalue weighted by Crippen LogP contribution is 2.17. The summed E-state index contributed by atoms with van der Waals surface area (Å²) in [5.74, 6) is 0. The van der Waals surface area contributed by atoms with Gasteiger partial charge in [0.05, 0.1) is 0 Å². The van der Waals surface area contributed by atoms with Gasteiger partial charge >= 0.3 is 0 Å². The standard InChI is InChI=1S/C39H42N4/c1-4-10-37-25-31(13-16-34(37)7-1)28-40-19-22-43(23-20-41-29-32-14-17-35-8-2-5-11-38(35)26-32)24-21-42-30-33-15-18-36-9-3-6-12-39(36)27-33/h1-18,25-27,40-42H,19-24,28-30H2. The van der Waals surface area contributed by atoms with E-state index in [0.717, 1.165) is 58.9 Å². The monoisotopic (exact) mass is 566 g/mol. The Morgan fingerprint density at radius 3 is 0.977 bits per heavy atom. The zero-order valence-electron chi connectivity index (χ0n) is 24.9. The molecule has 0 radical (unpaired) electrons. The van der Waals surface area contributed by atoms with Gasteiger partial charge in [0.15, 0.2) is 0 Å². The Bertz CT molecular complexity index is 1550. The average Bonchev–Trinajstić information content (AvgIpc) is 3.06. The van der Waals surface area contributed by atoms with Crippen LogP contribution in [0.1, 0.15) is 16.7 Å². The van der Waals surface area contributed by atoms with Crippen LogP contribution in [0.4, 0.5) is 0 Å². The number of hydrogen-bond acceptors (Lipinski definition) is 4. The number of nitrogens with one attached hydrogen (secondary N) is 3. The molecule has 6 aromatic carbocycles. The summed E-state index contributed by atoms with van der Waals surface area (Å²) in [6.45, 7) is 8.60. The van der Waals surface area contributed by atoms with Crippen molar-refractivity contribution >= 4 is 32.3 Å². The van der Waals surface area contributed by atoms with E-state index in [1.165, 1.54) is 49.0 Å². The molecule has 3 N–H and O–H groups in total. The first-order valence-corrected chi connectivity index (χ1v) is 15.6. The summed E-state index contributed by atoms with van der Waals surface area (Å²) < 4.78 is 0. The molecule has 0 aliphatic carbocycles. The van der Waals surface area contributed by atoms with E-state index in [4.69, 9.17) is 0 Å². The van der Waals surface area contributed by atoms with E-state index in [9.17, 15) is 0 Å². The first-order chi connectivity index (χ1) is 21.3. The van der Waals surface area contributed by atoms with Gasteiger partial charge in [0.2, 0.25) is 0 Å². The second-order valence-electron chi connectivity index (χ2n) is 11.4. The van der Waals surface area contributed by atoms with Crippen LogP contribution in [0.3, 0.4) is 0 Å². The first-order valence-electron chi connectivity index (χ1n) is 15.6. The second kappa shape index (κ2) is 14.9. The largest absolute Gasteiger partial charge is 0.311 e. The maximum Gasteiger partial charge on any atom is 0.0206 e. The van der Waals surface area contributed by atoms with Crippen molar-refractivity contribution in [1.82, 2.24) is 20.9 Å². The molecule has 0 fully saturated rings. The fraction of sp³-hybridized carbons (Fsp3) is 0.231. The summed E-state index contributed by atoms with van der Waals surface area (Å²) in [6, 6.07) is 46.0. The molecule has 0 bridgehead atoms. The van der Waals surface area contributed by atoms with Crippen LogP contribution in [-0.2, 0) is 19.6 Å². The van der Waals surface area contributed by atoms with Gasteiger partial charge in [-0.15, -0.1) is 0 Å². The van der Waals surface area contributed by atoms with Gasteiger partial charge in [-0.05, 0) is 67.2 Å². The number of nitrogens with zero attached hydrogens (tertiary/aromatic N) is 1. The van der Waals surface area contributed by atoms with Crippen LogP contribution in [0.25, 0.3) is 32.3 Å². The van der Waals surface area contributed by atoms with Crippen LogP contribution in [0, 0.1) is 0 Å². The second-order valence-corrected chi connectivity index (χ2v) is 11.4. The van der Waals surface area contributed by atoms with Crippen LogP contribution in [0.2, 0.25) is 0 Å². The molecule has 0 aliphatic rings. The Morgan fingerprint density at radius 1 is 0.349 bits per heavy atom. The molecule has 43 heavy (non-hydrogen) atoms. The smallest absolute Gasteiger partial charge is 0.0206 e. The number of benzene rings is 6. The SMILES string of the molecule is c1ccc2cc(CNCCN(CCNCc3ccc4ccccc4c3)CCNCc3ccc4ccccc4c3)ccc2c1. The van der Waals surface area contributed by atoms with Crippen molar-refractivity contribution in [2.75, 3.05) is 39.3 Å². The van der Waals surface area contributed by atoms with Crippen molar-refractivity contribution in [3.8, 4) is 0 Å². The Balaban J connectivity index is 0.983. The molecule has 6 rings (SSSR count).